The number of aryl methyl sites for hydroxylation is 1. The molecule has 1 aromatic carbocycles. The highest BCUT2D eigenvalue weighted by atomic mass is 32.2. The van der Waals surface area contributed by atoms with Gasteiger partial charge in [-0.2, -0.15) is 0 Å². The number of thiophene rings is 1. The van der Waals surface area contributed by atoms with Gasteiger partial charge in [0.25, 0.3) is 0 Å². The van der Waals surface area contributed by atoms with E-state index in [4.69, 9.17) is 5.73 Å². The average Bonchev–Trinajstić information content (AvgIpc) is 2.90. The second kappa shape index (κ2) is 5.83. The largest absolute Gasteiger partial charge is 0.326 e. The topological polar surface area (TPSA) is 72.2 Å². The molecule has 0 aliphatic rings. The van der Waals surface area contributed by atoms with E-state index in [1.54, 1.807) is 18.2 Å². The Kier molecular flexibility index (Phi) is 4.36. The molecule has 2 aromatic rings. The smallest absolute Gasteiger partial charge is 0.240 e. The van der Waals surface area contributed by atoms with Crippen molar-refractivity contribution in [1.82, 2.24) is 4.72 Å². The second-order valence-corrected chi connectivity index (χ2v) is 7.00. The molecule has 0 fully saturated rings. The minimum atomic E-state index is -3.48. The van der Waals surface area contributed by atoms with Crippen LogP contribution in [0.5, 0.6) is 0 Å². The quantitative estimate of drug-likeness (QED) is 0.886. The molecule has 0 atom stereocenters. The molecular weight excluding hydrogens is 280 g/mol. The van der Waals surface area contributed by atoms with Crippen molar-refractivity contribution in [3.05, 3.63) is 51.7 Å². The highest BCUT2D eigenvalue weighted by molar-refractivity contribution is 7.89. The third-order valence-corrected chi connectivity index (χ3v) is 5.14. The normalized spacial score (nSPS) is 11.7. The zero-order chi connectivity index (χ0) is 13.9. The Morgan fingerprint density at radius 1 is 1.32 bits per heavy atom. The molecule has 2 rings (SSSR count). The van der Waals surface area contributed by atoms with Crippen LogP contribution in [0.1, 0.15) is 16.0 Å². The first-order valence-corrected chi connectivity index (χ1v) is 8.21. The molecule has 102 valence electrons. The van der Waals surface area contributed by atoms with Gasteiger partial charge < -0.3 is 5.73 Å². The molecule has 6 heteroatoms. The second-order valence-electron chi connectivity index (χ2n) is 4.20. The van der Waals surface area contributed by atoms with Crippen LogP contribution in [-0.2, 0) is 23.1 Å². The van der Waals surface area contributed by atoms with Crippen LogP contribution in [0.2, 0.25) is 0 Å². The van der Waals surface area contributed by atoms with Crippen molar-refractivity contribution in [2.45, 2.75) is 24.9 Å². The SMILES string of the molecule is Cc1ccc(S(=O)(=O)NCc2cccs2)cc1CN. The fourth-order valence-corrected chi connectivity index (χ4v) is 3.49. The van der Waals surface area contributed by atoms with Crippen molar-refractivity contribution in [1.29, 1.82) is 0 Å². The Morgan fingerprint density at radius 2 is 2.11 bits per heavy atom. The minimum absolute atomic E-state index is 0.259. The van der Waals surface area contributed by atoms with Gasteiger partial charge in [0.15, 0.2) is 0 Å². The first-order valence-electron chi connectivity index (χ1n) is 5.84. The van der Waals surface area contributed by atoms with Crippen LogP contribution in [0.3, 0.4) is 0 Å². The maximum Gasteiger partial charge on any atom is 0.240 e. The molecule has 0 bridgehead atoms. The third kappa shape index (κ3) is 3.42. The summed E-state index contributed by atoms with van der Waals surface area (Å²) in [5, 5.41) is 1.92. The van der Waals surface area contributed by atoms with E-state index < -0.39 is 10.0 Å². The molecule has 0 unspecified atom stereocenters. The van der Waals surface area contributed by atoms with Crippen molar-refractivity contribution in [2.24, 2.45) is 5.73 Å². The number of hydrogen-bond donors (Lipinski definition) is 2. The van der Waals surface area contributed by atoms with E-state index in [-0.39, 0.29) is 4.90 Å². The predicted molar refractivity (Wildman–Crippen MR) is 77.4 cm³/mol. The zero-order valence-corrected chi connectivity index (χ0v) is 12.2. The summed E-state index contributed by atoms with van der Waals surface area (Å²) in [4.78, 5) is 1.24. The van der Waals surface area contributed by atoms with E-state index in [0.717, 1.165) is 16.0 Å². The summed E-state index contributed by atoms with van der Waals surface area (Å²) in [6.07, 6.45) is 0. The van der Waals surface area contributed by atoms with Gasteiger partial charge >= 0.3 is 0 Å². The Labute approximate surface area is 117 Å². The fraction of sp³-hybridized carbons (Fsp3) is 0.231. The molecule has 19 heavy (non-hydrogen) atoms. The minimum Gasteiger partial charge on any atom is -0.326 e. The average molecular weight is 296 g/mol. The number of rotatable bonds is 5. The number of nitrogens with one attached hydrogen (secondary N) is 1. The van der Waals surface area contributed by atoms with Crippen LogP contribution >= 0.6 is 11.3 Å². The molecule has 0 aliphatic carbocycles. The van der Waals surface area contributed by atoms with Crippen LogP contribution < -0.4 is 10.5 Å². The van der Waals surface area contributed by atoms with Gasteiger partial charge in [-0.1, -0.05) is 12.1 Å². The third-order valence-electron chi connectivity index (χ3n) is 2.87. The fourth-order valence-electron chi connectivity index (χ4n) is 1.70. The van der Waals surface area contributed by atoms with Gasteiger partial charge in [-0.15, -0.1) is 11.3 Å². The molecule has 0 aliphatic heterocycles. The van der Waals surface area contributed by atoms with E-state index >= 15 is 0 Å². The monoisotopic (exact) mass is 296 g/mol. The van der Waals surface area contributed by atoms with Crippen molar-refractivity contribution in [3.63, 3.8) is 0 Å². The lowest BCUT2D eigenvalue weighted by Crippen LogP contribution is -2.23. The van der Waals surface area contributed by atoms with Crippen molar-refractivity contribution >= 4 is 21.4 Å². The summed E-state index contributed by atoms with van der Waals surface area (Å²) in [6.45, 7) is 2.56. The molecule has 4 nitrogen and oxygen atoms in total. The lowest BCUT2D eigenvalue weighted by Gasteiger charge is -2.09. The van der Waals surface area contributed by atoms with Gasteiger partial charge in [-0.05, 0) is 41.6 Å². The van der Waals surface area contributed by atoms with Crippen LogP contribution in [-0.4, -0.2) is 8.42 Å². The first kappa shape index (κ1) is 14.2. The molecule has 1 heterocycles. The highest BCUT2D eigenvalue weighted by Gasteiger charge is 2.14. The van der Waals surface area contributed by atoms with Gasteiger partial charge in [0.05, 0.1) is 4.90 Å². The molecule has 0 amide bonds. The Balaban J connectivity index is 2.19. The van der Waals surface area contributed by atoms with Gasteiger partial charge in [0.2, 0.25) is 10.0 Å². The van der Waals surface area contributed by atoms with E-state index in [0.29, 0.717) is 13.1 Å². The van der Waals surface area contributed by atoms with Gasteiger partial charge in [-0.25, -0.2) is 13.1 Å². The molecule has 1 aromatic heterocycles. The lowest BCUT2D eigenvalue weighted by atomic mass is 10.1. The lowest BCUT2D eigenvalue weighted by molar-refractivity contribution is 0.581. The van der Waals surface area contributed by atoms with E-state index in [1.165, 1.54) is 11.3 Å². The molecule has 0 radical (unpaired) electrons. The summed E-state index contributed by atoms with van der Waals surface area (Å²) in [5.41, 5.74) is 7.45. The molecule has 0 spiro atoms. The summed E-state index contributed by atoms with van der Waals surface area (Å²) >= 11 is 1.52. The Hall–Kier alpha value is -1.21. The zero-order valence-electron chi connectivity index (χ0n) is 10.6. The van der Waals surface area contributed by atoms with Crippen LogP contribution in [0.25, 0.3) is 0 Å². The van der Waals surface area contributed by atoms with Crippen LogP contribution in [0.15, 0.2) is 40.6 Å². The predicted octanol–water partition coefficient (Wildman–Crippen LogP) is 1.99. The number of hydrogen-bond acceptors (Lipinski definition) is 4. The Bertz CT molecular complexity index is 649. The number of sulfonamides is 1. The van der Waals surface area contributed by atoms with Gasteiger partial charge in [0.1, 0.15) is 0 Å². The molecule has 0 saturated carbocycles. The van der Waals surface area contributed by atoms with Gasteiger partial charge in [-0.3, -0.25) is 0 Å². The van der Waals surface area contributed by atoms with E-state index in [1.807, 2.05) is 24.4 Å². The maximum absolute atomic E-state index is 12.2. The van der Waals surface area contributed by atoms with E-state index in [9.17, 15) is 8.42 Å². The number of benzene rings is 1. The summed E-state index contributed by atoms with van der Waals surface area (Å²) in [6, 6.07) is 8.81. The maximum atomic E-state index is 12.2. The summed E-state index contributed by atoms with van der Waals surface area (Å²) < 4.78 is 26.9. The molecule has 0 saturated heterocycles. The standard InChI is InChI=1S/C13H16N2O2S2/c1-10-4-5-13(7-11(10)8-14)19(16,17)15-9-12-3-2-6-18-12/h2-7,15H,8-9,14H2,1H3. The summed E-state index contributed by atoms with van der Waals surface area (Å²) in [5.74, 6) is 0. The van der Waals surface area contributed by atoms with Crippen LogP contribution in [0.4, 0.5) is 0 Å². The highest BCUT2D eigenvalue weighted by Crippen LogP contribution is 2.16. The first-order chi connectivity index (χ1) is 9.03. The van der Waals surface area contributed by atoms with Crippen molar-refractivity contribution in [3.8, 4) is 0 Å². The van der Waals surface area contributed by atoms with Crippen LogP contribution in [0, 0.1) is 6.92 Å². The van der Waals surface area contributed by atoms with Crippen molar-refractivity contribution in [2.75, 3.05) is 0 Å². The summed E-state index contributed by atoms with van der Waals surface area (Å²) in [7, 11) is -3.48. The molecule has 3 N–H and O–H groups in total. The molecular formula is C13H16N2O2S2. The number of nitrogens with two attached hydrogens (primary N) is 1. The van der Waals surface area contributed by atoms with E-state index in [2.05, 4.69) is 4.72 Å². The van der Waals surface area contributed by atoms with Gasteiger partial charge in [0, 0.05) is 18.0 Å². The Morgan fingerprint density at radius 3 is 2.74 bits per heavy atom. The van der Waals surface area contributed by atoms with Crippen molar-refractivity contribution < 1.29 is 8.42 Å².